The number of carbonyl (C=O) groups excluding carboxylic acids is 1. The van der Waals surface area contributed by atoms with Crippen molar-refractivity contribution in [3.8, 4) is 17.0 Å². The summed E-state index contributed by atoms with van der Waals surface area (Å²) in [5.41, 5.74) is 5.59. The van der Waals surface area contributed by atoms with E-state index >= 15 is 0 Å². The average Bonchev–Trinajstić information content (AvgIpc) is 3.47. The summed E-state index contributed by atoms with van der Waals surface area (Å²) in [6.07, 6.45) is 5.57. The van der Waals surface area contributed by atoms with Crippen LogP contribution in [-0.4, -0.2) is 41.7 Å². The van der Waals surface area contributed by atoms with Gasteiger partial charge in [-0.2, -0.15) is 0 Å². The molecule has 1 amide bonds. The third-order valence-corrected chi connectivity index (χ3v) is 6.76. The van der Waals surface area contributed by atoms with Crippen molar-refractivity contribution >= 4 is 28.9 Å². The number of aromatic nitrogens is 2. The molecule has 2 aliphatic heterocycles. The van der Waals surface area contributed by atoms with Gasteiger partial charge in [-0.3, -0.25) is 9.78 Å². The Balaban J connectivity index is 1.60. The quantitative estimate of drug-likeness (QED) is 0.465. The highest BCUT2D eigenvalue weighted by Crippen LogP contribution is 2.43. The number of ether oxygens (including phenoxy) is 2. The molecule has 0 radical (unpaired) electrons. The number of anilines is 2. The van der Waals surface area contributed by atoms with Gasteiger partial charge in [0.25, 0.3) is 5.91 Å². The Hall–Kier alpha value is -3.03. The second kappa shape index (κ2) is 9.08. The summed E-state index contributed by atoms with van der Waals surface area (Å²) >= 11 is 6.37. The number of pyridine rings is 1. The molecule has 0 unspecified atom stereocenters. The number of benzene rings is 1. The van der Waals surface area contributed by atoms with Gasteiger partial charge >= 0.3 is 0 Å². The van der Waals surface area contributed by atoms with Gasteiger partial charge in [0, 0.05) is 47.2 Å². The maximum Gasteiger partial charge on any atom is 0.255 e. The van der Waals surface area contributed by atoms with Gasteiger partial charge in [0.15, 0.2) is 0 Å². The monoisotopic (exact) mass is 466 g/mol. The predicted molar refractivity (Wildman–Crippen MR) is 129 cm³/mol. The fourth-order valence-corrected chi connectivity index (χ4v) is 4.60. The van der Waals surface area contributed by atoms with Crippen molar-refractivity contribution in [3.05, 3.63) is 58.5 Å². The summed E-state index contributed by atoms with van der Waals surface area (Å²) in [5, 5.41) is 7.14. The highest BCUT2D eigenvalue weighted by atomic mass is 35.5. The molecule has 7 nitrogen and oxygen atoms in total. The second-order valence-electron chi connectivity index (χ2n) is 8.63. The van der Waals surface area contributed by atoms with Gasteiger partial charge in [-0.05, 0) is 43.5 Å². The number of nitrogens with zero attached hydrogens (tertiary/aromatic N) is 1. The maximum atomic E-state index is 13.0. The van der Waals surface area contributed by atoms with Crippen molar-refractivity contribution in [1.82, 2.24) is 15.3 Å². The molecule has 8 heteroatoms. The van der Waals surface area contributed by atoms with Gasteiger partial charge < -0.3 is 25.1 Å². The number of H-pyrrole nitrogens is 1. The standard InChI is InChI=1S/C25H27ClN4O3/c1-14-11-28-25(31)21-22(14)30-23(24(21)29-19-7-3-6-18(26)15(19)2)17-8-9-27-12-20(17)33-13-16-5-4-10-32-16/h3,6-9,12,14,16,29-30H,4-5,10-11,13H2,1-2H3,(H,28,31)/t14-,16-/m0/s1. The highest BCUT2D eigenvalue weighted by molar-refractivity contribution is 6.31. The topological polar surface area (TPSA) is 88.3 Å². The number of aromatic amines is 1. The fraction of sp³-hybridized carbons (Fsp3) is 0.360. The van der Waals surface area contributed by atoms with Gasteiger partial charge in [0.2, 0.25) is 0 Å². The van der Waals surface area contributed by atoms with Crippen molar-refractivity contribution < 1.29 is 14.3 Å². The SMILES string of the molecule is Cc1c(Cl)cccc1Nc1c(-c2ccncc2OC[C@@H]2CCCO2)[nH]c2c1C(=O)NC[C@@H]2C. The van der Waals surface area contributed by atoms with Gasteiger partial charge in [-0.1, -0.05) is 24.6 Å². The van der Waals surface area contributed by atoms with Crippen molar-refractivity contribution in [3.63, 3.8) is 0 Å². The third kappa shape index (κ3) is 4.18. The molecule has 33 heavy (non-hydrogen) atoms. The van der Waals surface area contributed by atoms with Crippen LogP contribution in [0.1, 0.15) is 47.3 Å². The molecule has 1 aromatic carbocycles. The molecule has 1 saturated heterocycles. The van der Waals surface area contributed by atoms with Gasteiger partial charge in [0.1, 0.15) is 12.4 Å². The summed E-state index contributed by atoms with van der Waals surface area (Å²) in [6, 6.07) is 7.60. The minimum Gasteiger partial charge on any atom is -0.489 e. The minimum atomic E-state index is -0.108. The zero-order valence-electron chi connectivity index (χ0n) is 18.7. The van der Waals surface area contributed by atoms with Crippen LogP contribution in [0.15, 0.2) is 36.7 Å². The Morgan fingerprint density at radius 1 is 1.33 bits per heavy atom. The van der Waals surface area contributed by atoms with Crippen molar-refractivity contribution in [2.45, 2.75) is 38.7 Å². The number of amides is 1. The zero-order chi connectivity index (χ0) is 22.9. The lowest BCUT2D eigenvalue weighted by Crippen LogP contribution is -2.33. The van der Waals surface area contributed by atoms with Crippen LogP contribution in [0.25, 0.3) is 11.3 Å². The summed E-state index contributed by atoms with van der Waals surface area (Å²) in [6.45, 7) is 5.87. The average molecular weight is 467 g/mol. The van der Waals surface area contributed by atoms with E-state index in [0.29, 0.717) is 35.2 Å². The molecule has 3 aromatic rings. The van der Waals surface area contributed by atoms with E-state index in [4.69, 9.17) is 21.1 Å². The molecule has 2 atom stereocenters. The molecule has 0 saturated carbocycles. The molecule has 0 spiro atoms. The number of hydrogen-bond donors (Lipinski definition) is 3. The summed E-state index contributed by atoms with van der Waals surface area (Å²) in [4.78, 5) is 20.8. The number of fused-ring (bicyclic) bond motifs is 1. The second-order valence-corrected chi connectivity index (χ2v) is 9.04. The van der Waals surface area contributed by atoms with Crippen LogP contribution in [-0.2, 0) is 4.74 Å². The highest BCUT2D eigenvalue weighted by Gasteiger charge is 2.32. The first-order valence-corrected chi connectivity index (χ1v) is 11.7. The Morgan fingerprint density at radius 2 is 2.21 bits per heavy atom. The summed E-state index contributed by atoms with van der Waals surface area (Å²) in [5.74, 6) is 0.680. The molecule has 172 valence electrons. The lowest BCUT2D eigenvalue weighted by atomic mass is 9.98. The summed E-state index contributed by atoms with van der Waals surface area (Å²) in [7, 11) is 0. The van der Waals surface area contributed by atoms with Gasteiger partial charge in [-0.25, -0.2) is 0 Å². The maximum absolute atomic E-state index is 13.0. The molecule has 4 heterocycles. The Labute approximate surface area is 197 Å². The molecule has 0 bridgehead atoms. The normalized spacial score (nSPS) is 19.8. The van der Waals surface area contributed by atoms with E-state index < -0.39 is 0 Å². The lowest BCUT2D eigenvalue weighted by Gasteiger charge is -2.20. The molecule has 5 rings (SSSR count). The number of halogens is 1. The fourth-order valence-electron chi connectivity index (χ4n) is 4.43. The number of carbonyl (C=O) groups is 1. The van der Waals surface area contributed by atoms with Crippen molar-refractivity contribution in [2.24, 2.45) is 0 Å². The molecule has 2 aromatic heterocycles. The predicted octanol–water partition coefficient (Wildman–Crippen LogP) is 5.19. The molecule has 1 fully saturated rings. The van der Waals surface area contributed by atoms with Crippen molar-refractivity contribution in [1.29, 1.82) is 0 Å². The van der Waals surface area contributed by atoms with E-state index in [1.807, 2.05) is 31.2 Å². The molecule has 0 aliphatic carbocycles. The van der Waals surface area contributed by atoms with E-state index in [0.717, 1.165) is 47.7 Å². The van der Waals surface area contributed by atoms with E-state index in [2.05, 4.69) is 27.5 Å². The van der Waals surface area contributed by atoms with Crippen LogP contribution in [0.4, 0.5) is 11.4 Å². The van der Waals surface area contributed by atoms with Crippen LogP contribution in [0.3, 0.4) is 0 Å². The van der Waals surface area contributed by atoms with E-state index in [-0.39, 0.29) is 17.9 Å². The van der Waals surface area contributed by atoms with Gasteiger partial charge in [0.05, 0.1) is 29.2 Å². The molecular formula is C25H27ClN4O3. The van der Waals surface area contributed by atoms with Gasteiger partial charge in [-0.15, -0.1) is 0 Å². The van der Waals surface area contributed by atoms with E-state index in [9.17, 15) is 4.79 Å². The molecular weight excluding hydrogens is 440 g/mol. The van der Waals surface area contributed by atoms with Crippen LogP contribution in [0.5, 0.6) is 5.75 Å². The van der Waals surface area contributed by atoms with Crippen LogP contribution in [0, 0.1) is 6.92 Å². The van der Waals surface area contributed by atoms with E-state index in [1.165, 1.54) is 0 Å². The molecule has 2 aliphatic rings. The lowest BCUT2D eigenvalue weighted by molar-refractivity contribution is 0.0680. The van der Waals surface area contributed by atoms with Crippen LogP contribution in [0.2, 0.25) is 5.02 Å². The molecule has 3 N–H and O–H groups in total. The number of rotatable bonds is 6. The zero-order valence-corrected chi connectivity index (χ0v) is 19.5. The van der Waals surface area contributed by atoms with Crippen molar-refractivity contribution in [2.75, 3.05) is 25.1 Å². The van der Waals surface area contributed by atoms with Crippen LogP contribution < -0.4 is 15.4 Å². The first kappa shape index (κ1) is 21.8. The Bertz CT molecular complexity index is 1190. The number of nitrogens with one attached hydrogen (secondary N) is 3. The Kier molecular flexibility index (Phi) is 6.00. The van der Waals surface area contributed by atoms with E-state index in [1.54, 1.807) is 12.4 Å². The Morgan fingerprint density at radius 3 is 3.03 bits per heavy atom. The third-order valence-electron chi connectivity index (χ3n) is 6.35. The first-order valence-electron chi connectivity index (χ1n) is 11.3. The van der Waals surface area contributed by atoms with Crippen LogP contribution >= 0.6 is 11.6 Å². The smallest absolute Gasteiger partial charge is 0.255 e. The summed E-state index contributed by atoms with van der Waals surface area (Å²) < 4.78 is 11.9. The first-order chi connectivity index (χ1) is 16.0. The largest absolute Gasteiger partial charge is 0.489 e. The number of hydrogen-bond acceptors (Lipinski definition) is 5. The minimum absolute atomic E-state index is 0.0902.